The molecule has 0 atom stereocenters. The first kappa shape index (κ1) is 16.7. The van der Waals surface area contributed by atoms with E-state index < -0.39 is 0 Å². The van der Waals surface area contributed by atoms with Gasteiger partial charge in [0.05, 0.1) is 18.1 Å². The van der Waals surface area contributed by atoms with Crippen molar-refractivity contribution in [3.63, 3.8) is 0 Å². The van der Waals surface area contributed by atoms with E-state index in [0.29, 0.717) is 0 Å². The Bertz CT molecular complexity index is 1760. The summed E-state index contributed by atoms with van der Waals surface area (Å²) in [5.74, 6) is 0.897. The van der Waals surface area contributed by atoms with E-state index in [4.69, 9.17) is 4.74 Å². The molecule has 1 aromatic heterocycles. The smallest absolute Gasteiger partial charge is 0.143 e. The molecule has 2 heteroatoms. The van der Waals surface area contributed by atoms with Crippen LogP contribution in [0.2, 0.25) is 0 Å². The average molecular weight is 397 g/mol. The fourth-order valence-electron chi connectivity index (χ4n) is 5.39. The first-order chi connectivity index (χ1) is 15.4. The van der Waals surface area contributed by atoms with E-state index in [1.165, 1.54) is 48.6 Å². The molecule has 7 rings (SSSR count). The highest BCUT2D eigenvalue weighted by atomic mass is 16.5. The number of ether oxygens (including phenoxy) is 1. The number of rotatable bonds is 2. The maximum Gasteiger partial charge on any atom is 0.143 e. The minimum atomic E-state index is 0.897. The van der Waals surface area contributed by atoms with Crippen LogP contribution in [0.25, 0.3) is 59.8 Å². The average Bonchev–Trinajstić information content (AvgIpc) is 3.19. The van der Waals surface area contributed by atoms with Crippen molar-refractivity contribution < 1.29 is 4.74 Å². The van der Waals surface area contributed by atoms with E-state index in [9.17, 15) is 0 Å². The minimum absolute atomic E-state index is 0.897. The van der Waals surface area contributed by atoms with Crippen LogP contribution in [0.1, 0.15) is 0 Å². The quantitative estimate of drug-likeness (QED) is 0.273. The lowest BCUT2D eigenvalue weighted by atomic mass is 9.91. The second-order valence-electron chi connectivity index (χ2n) is 8.12. The summed E-state index contributed by atoms with van der Waals surface area (Å²) in [7, 11) is 1.76. The molecule has 0 radical (unpaired) electrons. The van der Waals surface area contributed by atoms with Gasteiger partial charge >= 0.3 is 0 Å². The fraction of sp³-hybridized carbons (Fsp3) is 0.0345. The van der Waals surface area contributed by atoms with Crippen molar-refractivity contribution in [1.29, 1.82) is 0 Å². The first-order valence-corrected chi connectivity index (χ1v) is 10.6. The van der Waals surface area contributed by atoms with E-state index in [0.717, 1.165) is 17.0 Å². The second-order valence-corrected chi connectivity index (χ2v) is 8.12. The largest absolute Gasteiger partial charge is 0.495 e. The molecule has 0 saturated carbocycles. The molecule has 0 N–H and O–H groups in total. The number of aromatic nitrogens is 1. The van der Waals surface area contributed by atoms with Gasteiger partial charge in [-0.15, -0.1) is 0 Å². The topological polar surface area (TPSA) is 14.2 Å². The summed E-state index contributed by atoms with van der Waals surface area (Å²) < 4.78 is 8.23. The summed E-state index contributed by atoms with van der Waals surface area (Å²) in [5.41, 5.74) is 3.49. The van der Waals surface area contributed by atoms with Gasteiger partial charge in [0, 0.05) is 16.5 Å². The van der Waals surface area contributed by atoms with Crippen molar-refractivity contribution in [2.75, 3.05) is 7.11 Å². The molecule has 0 spiro atoms. The van der Waals surface area contributed by atoms with Crippen molar-refractivity contribution in [2.24, 2.45) is 0 Å². The van der Waals surface area contributed by atoms with Crippen LogP contribution in [0.5, 0.6) is 5.75 Å². The molecule has 7 aromatic rings. The van der Waals surface area contributed by atoms with Gasteiger partial charge in [0.1, 0.15) is 5.75 Å². The maximum absolute atomic E-state index is 5.88. The van der Waals surface area contributed by atoms with Crippen LogP contribution in [0.3, 0.4) is 0 Å². The molecule has 0 fully saturated rings. The summed E-state index contributed by atoms with van der Waals surface area (Å²) >= 11 is 0. The number of hydrogen-bond acceptors (Lipinski definition) is 1. The van der Waals surface area contributed by atoms with Gasteiger partial charge in [-0.1, -0.05) is 66.7 Å². The Morgan fingerprint density at radius 3 is 2.16 bits per heavy atom. The summed E-state index contributed by atoms with van der Waals surface area (Å²) in [6.07, 6.45) is 0. The molecule has 146 valence electrons. The maximum atomic E-state index is 5.88. The molecule has 0 amide bonds. The monoisotopic (exact) mass is 397 g/mol. The lowest BCUT2D eigenvalue weighted by Gasteiger charge is -2.13. The second kappa shape index (κ2) is 5.99. The molecule has 0 unspecified atom stereocenters. The number of fused-ring (bicyclic) bond motifs is 5. The third-order valence-corrected chi connectivity index (χ3v) is 6.62. The molecule has 0 aliphatic carbocycles. The van der Waals surface area contributed by atoms with Gasteiger partial charge in [0.25, 0.3) is 0 Å². The number of para-hydroxylation sites is 1. The predicted molar refractivity (Wildman–Crippen MR) is 131 cm³/mol. The van der Waals surface area contributed by atoms with Gasteiger partial charge < -0.3 is 9.30 Å². The van der Waals surface area contributed by atoms with Gasteiger partial charge in [-0.05, 0) is 62.6 Å². The molecule has 0 bridgehead atoms. The highest BCUT2D eigenvalue weighted by Crippen LogP contribution is 2.47. The molecule has 0 aliphatic heterocycles. The molecular weight excluding hydrogens is 378 g/mol. The molecule has 2 nitrogen and oxygen atoms in total. The van der Waals surface area contributed by atoms with Crippen LogP contribution >= 0.6 is 0 Å². The molecule has 6 aromatic carbocycles. The van der Waals surface area contributed by atoms with E-state index in [1.807, 2.05) is 0 Å². The van der Waals surface area contributed by atoms with Gasteiger partial charge in [-0.25, -0.2) is 0 Å². The number of nitrogens with zero attached hydrogens (tertiary/aromatic N) is 1. The summed E-state index contributed by atoms with van der Waals surface area (Å²) in [5, 5.41) is 10.3. The molecule has 0 aliphatic rings. The normalized spacial score (nSPS) is 12.0. The SMILES string of the molecule is COc1ccc2c3ccc4ccccc4c3c3cccc4c3c2c1n4-c1ccccc1. The summed E-state index contributed by atoms with van der Waals surface area (Å²) in [4.78, 5) is 0. The van der Waals surface area contributed by atoms with E-state index in [-0.39, 0.29) is 0 Å². The van der Waals surface area contributed by atoms with Crippen LogP contribution in [-0.2, 0) is 0 Å². The zero-order valence-corrected chi connectivity index (χ0v) is 17.1. The Labute approximate surface area is 179 Å². The van der Waals surface area contributed by atoms with Crippen LogP contribution < -0.4 is 4.74 Å². The van der Waals surface area contributed by atoms with Crippen LogP contribution in [0.15, 0.2) is 97.1 Å². The van der Waals surface area contributed by atoms with Gasteiger partial charge in [-0.3, -0.25) is 0 Å². The third-order valence-electron chi connectivity index (χ3n) is 6.62. The highest BCUT2D eigenvalue weighted by Gasteiger charge is 2.22. The lowest BCUT2D eigenvalue weighted by molar-refractivity contribution is 0.418. The van der Waals surface area contributed by atoms with Gasteiger partial charge in [-0.2, -0.15) is 0 Å². The third kappa shape index (κ3) is 2.06. The minimum Gasteiger partial charge on any atom is -0.495 e. The Morgan fingerprint density at radius 2 is 1.29 bits per heavy atom. The Hall–Kier alpha value is -4.04. The van der Waals surface area contributed by atoms with Crippen LogP contribution in [0, 0.1) is 0 Å². The Morgan fingerprint density at radius 1 is 0.548 bits per heavy atom. The van der Waals surface area contributed by atoms with E-state index >= 15 is 0 Å². The van der Waals surface area contributed by atoms with Gasteiger partial charge in [0.2, 0.25) is 0 Å². The van der Waals surface area contributed by atoms with Crippen molar-refractivity contribution in [3.8, 4) is 11.4 Å². The molecular formula is C29H19NO. The van der Waals surface area contributed by atoms with Crippen molar-refractivity contribution >= 4 is 54.1 Å². The number of benzene rings is 6. The van der Waals surface area contributed by atoms with Crippen LogP contribution in [-0.4, -0.2) is 11.7 Å². The molecule has 0 saturated heterocycles. The van der Waals surface area contributed by atoms with Crippen molar-refractivity contribution in [2.45, 2.75) is 0 Å². The predicted octanol–water partition coefficient (Wildman–Crippen LogP) is 7.69. The first-order valence-electron chi connectivity index (χ1n) is 10.6. The number of hydrogen-bond donors (Lipinski definition) is 0. The molecule has 1 heterocycles. The summed E-state index contributed by atoms with van der Waals surface area (Å²) in [6, 6.07) is 34.8. The Balaban J connectivity index is 1.85. The van der Waals surface area contributed by atoms with E-state index in [2.05, 4.69) is 102 Å². The molecule has 31 heavy (non-hydrogen) atoms. The Kier molecular flexibility index (Phi) is 3.23. The van der Waals surface area contributed by atoms with Crippen molar-refractivity contribution in [3.05, 3.63) is 97.1 Å². The van der Waals surface area contributed by atoms with Crippen molar-refractivity contribution in [1.82, 2.24) is 4.57 Å². The zero-order valence-electron chi connectivity index (χ0n) is 17.1. The standard InChI is InChI=1S/C29H19NO/c1-31-25-17-16-22-21-15-14-18-8-5-6-11-20(18)26(21)23-12-7-13-24-27(23)28(22)29(25)30(24)19-9-3-2-4-10-19/h2-17H,1H3. The van der Waals surface area contributed by atoms with Gasteiger partial charge in [0.15, 0.2) is 0 Å². The zero-order chi connectivity index (χ0) is 20.5. The number of methoxy groups -OCH3 is 1. The van der Waals surface area contributed by atoms with Crippen LogP contribution in [0.4, 0.5) is 0 Å². The van der Waals surface area contributed by atoms with E-state index in [1.54, 1.807) is 7.11 Å². The lowest BCUT2D eigenvalue weighted by Crippen LogP contribution is -1.95. The highest BCUT2D eigenvalue weighted by molar-refractivity contribution is 6.38. The fourth-order valence-corrected chi connectivity index (χ4v) is 5.39. The summed E-state index contributed by atoms with van der Waals surface area (Å²) in [6.45, 7) is 0.